The molecule has 6 rings (SSSR count). The predicted molar refractivity (Wildman–Crippen MR) is 143 cm³/mol. The lowest BCUT2D eigenvalue weighted by atomic mass is 9.77. The maximum atomic E-state index is 6.65. The minimum atomic E-state index is -0.247. The van der Waals surface area contributed by atoms with Gasteiger partial charge in [0.1, 0.15) is 16.1 Å². The number of rotatable bonds is 1. The molecule has 4 bridgehead atoms. The summed E-state index contributed by atoms with van der Waals surface area (Å²) in [6.07, 6.45) is 0. The van der Waals surface area contributed by atoms with E-state index in [4.69, 9.17) is 14.7 Å². The van der Waals surface area contributed by atoms with Gasteiger partial charge in [-0.15, -0.1) is 0 Å². The molecule has 0 atom stereocenters. The third-order valence-electron chi connectivity index (χ3n) is 6.72. The Morgan fingerprint density at radius 2 is 1.47 bits per heavy atom. The Morgan fingerprint density at radius 1 is 0.765 bits per heavy atom. The standard InChI is InChI=1S/C30H29BrN2O/c1-18-8-7-9-24(32-18)22-15-20-11-13-26(22)34-27-12-10-19(29(2,3)4)14-23(27)25-16-21(30(20,5)6)17-28(31)33-25/h7-17H,1-6H3. The van der Waals surface area contributed by atoms with Gasteiger partial charge in [-0.2, -0.15) is 0 Å². The summed E-state index contributed by atoms with van der Waals surface area (Å²) in [5, 5.41) is 0. The Kier molecular flexibility index (Phi) is 5.40. The zero-order chi connectivity index (χ0) is 24.3. The third kappa shape index (κ3) is 4.05. The van der Waals surface area contributed by atoms with E-state index in [-0.39, 0.29) is 10.8 Å². The highest BCUT2D eigenvalue weighted by atomic mass is 79.9. The van der Waals surface area contributed by atoms with Crippen LogP contribution in [0, 0.1) is 6.92 Å². The summed E-state index contributed by atoms with van der Waals surface area (Å²) < 4.78 is 7.46. The molecule has 0 amide bonds. The van der Waals surface area contributed by atoms with Crippen LogP contribution in [0.15, 0.2) is 71.3 Å². The van der Waals surface area contributed by atoms with Crippen molar-refractivity contribution in [1.29, 1.82) is 0 Å². The van der Waals surface area contributed by atoms with Crippen LogP contribution < -0.4 is 4.74 Å². The van der Waals surface area contributed by atoms with Gasteiger partial charge in [0, 0.05) is 22.2 Å². The van der Waals surface area contributed by atoms with Crippen molar-refractivity contribution in [1.82, 2.24) is 9.97 Å². The normalized spacial score (nSPS) is 14.2. The molecule has 172 valence electrons. The van der Waals surface area contributed by atoms with Crippen LogP contribution in [0.4, 0.5) is 0 Å². The van der Waals surface area contributed by atoms with E-state index >= 15 is 0 Å². The van der Waals surface area contributed by atoms with E-state index < -0.39 is 0 Å². The highest BCUT2D eigenvalue weighted by Gasteiger charge is 2.28. The van der Waals surface area contributed by atoms with Crippen LogP contribution in [-0.2, 0) is 10.8 Å². The van der Waals surface area contributed by atoms with E-state index in [1.54, 1.807) is 0 Å². The monoisotopic (exact) mass is 512 g/mol. The summed E-state index contributed by atoms with van der Waals surface area (Å²) in [5.74, 6) is 1.57. The zero-order valence-corrected chi connectivity index (χ0v) is 22.1. The van der Waals surface area contributed by atoms with Gasteiger partial charge in [-0.3, -0.25) is 4.98 Å². The second-order valence-electron chi connectivity index (χ2n) is 10.6. The van der Waals surface area contributed by atoms with Crippen molar-refractivity contribution in [2.45, 2.75) is 52.4 Å². The topological polar surface area (TPSA) is 35.0 Å². The van der Waals surface area contributed by atoms with Crippen LogP contribution >= 0.6 is 15.9 Å². The van der Waals surface area contributed by atoms with Crippen LogP contribution in [0.25, 0.3) is 22.5 Å². The molecule has 4 heterocycles. The number of benzene rings is 2. The fourth-order valence-electron chi connectivity index (χ4n) is 4.47. The molecule has 4 heteroatoms. The minimum Gasteiger partial charge on any atom is -0.456 e. The lowest BCUT2D eigenvalue weighted by Gasteiger charge is -2.27. The van der Waals surface area contributed by atoms with Crippen LogP contribution in [0.5, 0.6) is 11.5 Å². The molecular weight excluding hydrogens is 484 g/mol. The molecule has 2 aromatic heterocycles. The van der Waals surface area contributed by atoms with Gasteiger partial charge in [0.25, 0.3) is 0 Å². The fraction of sp³-hybridized carbons (Fsp3) is 0.267. The van der Waals surface area contributed by atoms with Crippen LogP contribution in [0.2, 0.25) is 0 Å². The van der Waals surface area contributed by atoms with Gasteiger partial charge in [0.2, 0.25) is 0 Å². The number of hydrogen-bond acceptors (Lipinski definition) is 3. The lowest BCUT2D eigenvalue weighted by molar-refractivity contribution is 0.484. The number of halogens is 1. The fourth-order valence-corrected chi connectivity index (χ4v) is 4.91. The number of ether oxygens (including phenoxy) is 1. The first-order chi connectivity index (χ1) is 16.0. The van der Waals surface area contributed by atoms with Gasteiger partial charge in [0.05, 0.1) is 11.4 Å². The molecule has 2 aliphatic heterocycles. The Bertz CT molecular complexity index is 1420. The second-order valence-corrected chi connectivity index (χ2v) is 11.4. The average molecular weight is 513 g/mol. The predicted octanol–water partition coefficient (Wildman–Crippen LogP) is 8.61. The molecule has 0 radical (unpaired) electrons. The number of aryl methyl sites for hydroxylation is 1. The van der Waals surface area contributed by atoms with Gasteiger partial charge in [-0.05, 0) is 93.5 Å². The first-order valence-electron chi connectivity index (χ1n) is 11.6. The van der Waals surface area contributed by atoms with Crippen molar-refractivity contribution >= 4 is 15.9 Å². The molecule has 0 saturated heterocycles. The summed E-state index contributed by atoms with van der Waals surface area (Å²) in [4.78, 5) is 9.69. The van der Waals surface area contributed by atoms with Gasteiger partial charge in [-0.1, -0.05) is 52.8 Å². The molecule has 0 N–H and O–H groups in total. The molecule has 34 heavy (non-hydrogen) atoms. The molecule has 0 spiro atoms. The van der Waals surface area contributed by atoms with E-state index in [0.29, 0.717) is 0 Å². The Morgan fingerprint density at radius 3 is 2.18 bits per heavy atom. The van der Waals surface area contributed by atoms with Gasteiger partial charge in [-0.25, -0.2) is 4.98 Å². The summed E-state index contributed by atoms with van der Waals surface area (Å²) in [6.45, 7) is 13.2. The van der Waals surface area contributed by atoms with Crippen LogP contribution in [0.1, 0.15) is 57.0 Å². The zero-order valence-electron chi connectivity index (χ0n) is 20.5. The molecule has 2 aliphatic rings. The molecule has 0 saturated carbocycles. The van der Waals surface area contributed by atoms with Crippen molar-refractivity contribution in [3.8, 4) is 34.0 Å². The highest BCUT2D eigenvalue weighted by Crippen LogP contribution is 2.44. The van der Waals surface area contributed by atoms with Crippen LogP contribution in [-0.4, -0.2) is 9.97 Å². The molecule has 2 aromatic carbocycles. The van der Waals surface area contributed by atoms with E-state index in [2.05, 4.69) is 99.1 Å². The smallest absolute Gasteiger partial charge is 0.136 e. The maximum absolute atomic E-state index is 6.65. The van der Waals surface area contributed by atoms with Gasteiger partial charge >= 0.3 is 0 Å². The first-order valence-corrected chi connectivity index (χ1v) is 12.4. The van der Waals surface area contributed by atoms with Crippen molar-refractivity contribution in [2.24, 2.45) is 0 Å². The minimum absolute atomic E-state index is 0.00719. The second kappa shape index (κ2) is 8.06. The average Bonchev–Trinajstić information content (AvgIpc) is 2.79. The molecule has 0 fully saturated rings. The number of nitrogens with zero attached hydrogens (tertiary/aromatic N) is 2. The van der Waals surface area contributed by atoms with Crippen molar-refractivity contribution < 1.29 is 4.74 Å². The van der Waals surface area contributed by atoms with E-state index in [1.165, 1.54) is 16.7 Å². The highest BCUT2D eigenvalue weighted by molar-refractivity contribution is 9.10. The van der Waals surface area contributed by atoms with Gasteiger partial charge < -0.3 is 4.74 Å². The van der Waals surface area contributed by atoms with E-state index in [1.807, 2.05) is 25.1 Å². The number of aromatic nitrogens is 2. The Hall–Kier alpha value is -2.98. The number of fused-ring (bicyclic) bond motifs is 2. The van der Waals surface area contributed by atoms with Gasteiger partial charge in [0.15, 0.2) is 0 Å². The SMILES string of the molecule is Cc1cccc(-c2cc3ccc2Oc2ccc(C(C)(C)C)cc2-c2cc(cc(Br)n2)C3(C)C)n1. The molecule has 4 aromatic rings. The summed E-state index contributed by atoms with van der Waals surface area (Å²) >= 11 is 3.67. The third-order valence-corrected chi connectivity index (χ3v) is 7.13. The maximum Gasteiger partial charge on any atom is 0.136 e. The van der Waals surface area contributed by atoms with Crippen molar-refractivity contribution in [2.75, 3.05) is 0 Å². The van der Waals surface area contributed by atoms with Crippen molar-refractivity contribution in [3.63, 3.8) is 0 Å². The summed E-state index contributed by atoms with van der Waals surface area (Å²) in [6, 6.07) is 23.3. The Labute approximate surface area is 210 Å². The quantitative estimate of drug-likeness (QED) is 0.239. The summed E-state index contributed by atoms with van der Waals surface area (Å²) in [7, 11) is 0. The van der Waals surface area contributed by atoms with E-state index in [0.717, 1.165) is 44.3 Å². The molecular formula is C30H29BrN2O. The molecule has 0 aliphatic carbocycles. The first kappa shape index (κ1) is 22.8. The van der Waals surface area contributed by atoms with E-state index in [9.17, 15) is 0 Å². The largest absolute Gasteiger partial charge is 0.456 e. The number of pyridine rings is 2. The Balaban J connectivity index is 1.84. The summed E-state index contributed by atoms with van der Waals surface area (Å²) in [5.41, 5.74) is 8.15. The number of hydrogen-bond donors (Lipinski definition) is 0. The molecule has 0 unspecified atom stereocenters. The molecule has 3 nitrogen and oxygen atoms in total. The van der Waals surface area contributed by atoms with Crippen molar-refractivity contribution in [3.05, 3.63) is 93.7 Å². The lowest BCUT2D eigenvalue weighted by Crippen LogP contribution is -2.19. The van der Waals surface area contributed by atoms with Crippen LogP contribution in [0.3, 0.4) is 0 Å².